The molecule has 1 unspecified atom stereocenters. The zero-order chi connectivity index (χ0) is 14.4. The summed E-state index contributed by atoms with van der Waals surface area (Å²) in [6.07, 6.45) is 8.09. The molecular weight excluding hydrogens is 256 g/mol. The number of aromatic nitrogens is 3. The number of rotatable bonds is 6. The number of pyridine rings is 1. The molecule has 0 aliphatic rings. The molecule has 0 fully saturated rings. The van der Waals surface area contributed by atoms with Crippen LogP contribution in [0.2, 0.25) is 0 Å². The van der Waals surface area contributed by atoms with Crippen molar-refractivity contribution in [3.63, 3.8) is 0 Å². The standard InChI is InChI=1S/C14H18N4O2/c1-11(3-2-8-19)17-14(20)12-4-5-16-13(9-12)18-7-6-15-10-18/h4-7,9-11,19H,2-3,8H2,1H3,(H,17,20). The second-order valence-corrected chi connectivity index (χ2v) is 4.61. The number of aliphatic hydroxyl groups excluding tert-OH is 1. The van der Waals surface area contributed by atoms with Gasteiger partial charge < -0.3 is 10.4 Å². The van der Waals surface area contributed by atoms with Crippen LogP contribution in [0.15, 0.2) is 37.1 Å². The van der Waals surface area contributed by atoms with E-state index >= 15 is 0 Å². The normalized spacial score (nSPS) is 12.1. The van der Waals surface area contributed by atoms with Gasteiger partial charge in [0, 0.05) is 36.8 Å². The number of nitrogens with zero attached hydrogens (tertiary/aromatic N) is 3. The molecule has 1 atom stereocenters. The Bertz CT molecular complexity index is 554. The number of carbonyl (C=O) groups excluding carboxylic acids is 1. The smallest absolute Gasteiger partial charge is 0.251 e. The zero-order valence-corrected chi connectivity index (χ0v) is 11.4. The highest BCUT2D eigenvalue weighted by Crippen LogP contribution is 2.07. The summed E-state index contributed by atoms with van der Waals surface area (Å²) in [6.45, 7) is 2.06. The number of hydrogen-bond acceptors (Lipinski definition) is 4. The van der Waals surface area contributed by atoms with E-state index in [1.165, 1.54) is 0 Å². The molecule has 2 N–H and O–H groups in total. The Morgan fingerprint density at radius 1 is 1.50 bits per heavy atom. The van der Waals surface area contributed by atoms with Crippen molar-refractivity contribution >= 4 is 5.91 Å². The number of hydrogen-bond donors (Lipinski definition) is 2. The molecular formula is C14H18N4O2. The first-order valence-electron chi connectivity index (χ1n) is 6.57. The van der Waals surface area contributed by atoms with Crippen LogP contribution >= 0.6 is 0 Å². The van der Waals surface area contributed by atoms with Crippen molar-refractivity contribution in [2.45, 2.75) is 25.8 Å². The van der Waals surface area contributed by atoms with E-state index in [-0.39, 0.29) is 18.6 Å². The number of imidazole rings is 1. The van der Waals surface area contributed by atoms with Crippen LogP contribution in [0.1, 0.15) is 30.1 Å². The number of carbonyl (C=O) groups is 1. The van der Waals surface area contributed by atoms with Crippen LogP contribution in [0.4, 0.5) is 0 Å². The summed E-state index contributed by atoms with van der Waals surface area (Å²) in [7, 11) is 0. The lowest BCUT2D eigenvalue weighted by Gasteiger charge is -2.13. The first kappa shape index (κ1) is 14.2. The third-order valence-corrected chi connectivity index (χ3v) is 2.95. The number of amides is 1. The molecule has 2 aromatic heterocycles. The van der Waals surface area contributed by atoms with E-state index in [9.17, 15) is 4.79 Å². The second kappa shape index (κ2) is 6.81. The monoisotopic (exact) mass is 274 g/mol. The van der Waals surface area contributed by atoms with Crippen LogP contribution in [0.5, 0.6) is 0 Å². The fraction of sp³-hybridized carbons (Fsp3) is 0.357. The molecule has 2 aromatic rings. The van der Waals surface area contributed by atoms with E-state index in [0.717, 1.165) is 6.42 Å². The minimum atomic E-state index is -0.140. The van der Waals surface area contributed by atoms with Crippen molar-refractivity contribution in [3.8, 4) is 5.82 Å². The average Bonchev–Trinajstić information content (AvgIpc) is 2.99. The van der Waals surface area contributed by atoms with Gasteiger partial charge in [-0.15, -0.1) is 0 Å². The summed E-state index contributed by atoms with van der Waals surface area (Å²) in [6, 6.07) is 3.42. The Kier molecular flexibility index (Phi) is 4.84. The van der Waals surface area contributed by atoms with Gasteiger partial charge in [-0.3, -0.25) is 9.36 Å². The van der Waals surface area contributed by atoms with Crippen molar-refractivity contribution < 1.29 is 9.90 Å². The molecule has 2 rings (SSSR count). The zero-order valence-electron chi connectivity index (χ0n) is 11.4. The largest absolute Gasteiger partial charge is 0.396 e. The molecule has 1 amide bonds. The first-order chi connectivity index (χ1) is 9.70. The van der Waals surface area contributed by atoms with Crippen molar-refractivity contribution in [3.05, 3.63) is 42.6 Å². The third kappa shape index (κ3) is 3.64. The Morgan fingerprint density at radius 3 is 3.05 bits per heavy atom. The minimum absolute atomic E-state index is 0.0273. The van der Waals surface area contributed by atoms with Gasteiger partial charge in [-0.25, -0.2) is 9.97 Å². The lowest BCUT2D eigenvalue weighted by molar-refractivity contribution is 0.0936. The highest BCUT2D eigenvalue weighted by Gasteiger charge is 2.10. The lowest BCUT2D eigenvalue weighted by Crippen LogP contribution is -2.32. The van der Waals surface area contributed by atoms with Crippen molar-refractivity contribution in [1.29, 1.82) is 0 Å². The molecule has 2 heterocycles. The summed E-state index contributed by atoms with van der Waals surface area (Å²) in [4.78, 5) is 20.3. The first-order valence-corrected chi connectivity index (χ1v) is 6.57. The van der Waals surface area contributed by atoms with Gasteiger partial charge in [0.15, 0.2) is 0 Å². The molecule has 106 valence electrons. The summed E-state index contributed by atoms with van der Waals surface area (Å²) >= 11 is 0. The maximum absolute atomic E-state index is 12.1. The van der Waals surface area contributed by atoms with Gasteiger partial charge in [-0.05, 0) is 31.9 Å². The molecule has 20 heavy (non-hydrogen) atoms. The van der Waals surface area contributed by atoms with Gasteiger partial charge in [0.25, 0.3) is 5.91 Å². The van der Waals surface area contributed by atoms with Crippen LogP contribution in [0.25, 0.3) is 5.82 Å². The van der Waals surface area contributed by atoms with Crippen molar-refractivity contribution in [2.75, 3.05) is 6.61 Å². The van der Waals surface area contributed by atoms with E-state index < -0.39 is 0 Å². The molecule has 0 aromatic carbocycles. The Labute approximate surface area is 117 Å². The average molecular weight is 274 g/mol. The predicted molar refractivity (Wildman–Crippen MR) is 74.6 cm³/mol. The Balaban J connectivity index is 2.05. The molecule has 0 spiro atoms. The van der Waals surface area contributed by atoms with Crippen LogP contribution in [0.3, 0.4) is 0 Å². The van der Waals surface area contributed by atoms with E-state index in [1.54, 1.807) is 41.6 Å². The Morgan fingerprint density at radius 2 is 2.35 bits per heavy atom. The second-order valence-electron chi connectivity index (χ2n) is 4.61. The quantitative estimate of drug-likeness (QED) is 0.828. The molecule has 0 saturated heterocycles. The fourth-order valence-corrected chi connectivity index (χ4v) is 1.87. The number of nitrogens with one attached hydrogen (secondary N) is 1. The molecule has 0 aliphatic heterocycles. The topological polar surface area (TPSA) is 80.0 Å². The van der Waals surface area contributed by atoms with Crippen LogP contribution in [0, 0.1) is 0 Å². The van der Waals surface area contributed by atoms with Crippen molar-refractivity contribution in [2.24, 2.45) is 0 Å². The molecule has 0 aliphatic carbocycles. The summed E-state index contributed by atoms with van der Waals surface area (Å²) in [5.41, 5.74) is 0.555. The van der Waals surface area contributed by atoms with Gasteiger partial charge in [-0.1, -0.05) is 0 Å². The lowest BCUT2D eigenvalue weighted by atomic mass is 10.1. The van der Waals surface area contributed by atoms with Crippen molar-refractivity contribution in [1.82, 2.24) is 19.9 Å². The maximum atomic E-state index is 12.1. The van der Waals surface area contributed by atoms with Crippen LogP contribution in [-0.2, 0) is 0 Å². The summed E-state index contributed by atoms with van der Waals surface area (Å²) in [5.74, 6) is 0.511. The molecule has 6 nitrogen and oxygen atoms in total. The number of aliphatic hydroxyl groups is 1. The summed E-state index contributed by atoms with van der Waals surface area (Å²) in [5, 5.41) is 11.7. The van der Waals surface area contributed by atoms with E-state index in [0.29, 0.717) is 17.8 Å². The SMILES string of the molecule is CC(CCCO)NC(=O)c1ccnc(-n2ccnc2)c1. The molecule has 0 saturated carbocycles. The maximum Gasteiger partial charge on any atom is 0.251 e. The minimum Gasteiger partial charge on any atom is -0.396 e. The fourth-order valence-electron chi connectivity index (χ4n) is 1.87. The highest BCUT2D eigenvalue weighted by atomic mass is 16.3. The van der Waals surface area contributed by atoms with E-state index in [1.807, 2.05) is 6.92 Å². The van der Waals surface area contributed by atoms with Crippen LogP contribution in [-0.4, -0.2) is 38.2 Å². The van der Waals surface area contributed by atoms with E-state index in [2.05, 4.69) is 15.3 Å². The molecule has 6 heteroatoms. The van der Waals surface area contributed by atoms with Gasteiger partial charge in [0.2, 0.25) is 0 Å². The summed E-state index contributed by atoms with van der Waals surface area (Å²) < 4.78 is 1.74. The molecule has 0 bridgehead atoms. The molecule has 0 radical (unpaired) electrons. The Hall–Kier alpha value is -2.21. The highest BCUT2D eigenvalue weighted by molar-refractivity contribution is 5.94. The van der Waals surface area contributed by atoms with Gasteiger partial charge >= 0.3 is 0 Å². The van der Waals surface area contributed by atoms with Gasteiger partial charge in [0.1, 0.15) is 12.1 Å². The van der Waals surface area contributed by atoms with E-state index in [4.69, 9.17) is 5.11 Å². The predicted octanol–water partition coefficient (Wildman–Crippen LogP) is 1.16. The van der Waals surface area contributed by atoms with Gasteiger partial charge in [0.05, 0.1) is 0 Å². The van der Waals surface area contributed by atoms with Gasteiger partial charge in [-0.2, -0.15) is 0 Å². The third-order valence-electron chi connectivity index (χ3n) is 2.95. The van der Waals surface area contributed by atoms with Crippen LogP contribution < -0.4 is 5.32 Å².